The minimum atomic E-state index is -6.78. The molecule has 10 atom stereocenters. The first-order valence-corrected chi connectivity index (χ1v) is 29.2. The summed E-state index contributed by atoms with van der Waals surface area (Å²) in [4.78, 5) is 55.7. The van der Waals surface area contributed by atoms with Crippen LogP contribution in [-0.2, 0) is 42.9 Å². The molecule has 0 amide bonds. The predicted octanol–water partition coefficient (Wildman–Crippen LogP) is 14.0. The van der Waals surface area contributed by atoms with Gasteiger partial charge in [0, 0.05) is 30.1 Å². The summed E-state index contributed by atoms with van der Waals surface area (Å²) >= 11 is 0. The number of allylic oxidation sites excluding steroid dienone is 4. The van der Waals surface area contributed by atoms with Crippen molar-refractivity contribution in [3.63, 3.8) is 0 Å². The van der Waals surface area contributed by atoms with Gasteiger partial charge in [-0.3, -0.25) is 9.59 Å². The third kappa shape index (κ3) is 17.2. The number of carbonyl (C=O) groups is 5. The Morgan fingerprint density at radius 1 is 0.570 bits per heavy atom. The maximum atomic E-state index is 13.2. The van der Waals surface area contributed by atoms with Crippen molar-refractivity contribution < 1.29 is 156 Å². The standard InChI is InChI=1S/C16H13F15O4.C14H17F3O3.C10H13F3O2.C10H12O2.C9H12O2/c1-5(12(17,18)19)9(32)35-8-3-6(10(33,13(20,21)22)14(23,24)25)2-7(4-8)11(34,15(26,27)28)16(29,30)31;1-8(14(15,16)17)11(18)20-13-5-9-2-10(6-13)4-12(19,3-9)7-13;1-7(10(11,12)13)8(14)15-9(2)5-3-4-6-9;11-9-5-10(6-12-9)4-7-1-2-8(10)3-7;10-9(11)5-8-4-6-1-2-7(8)3-6/h6-8,33-34H,1-4H2;9-10,19H,1-7H2;1,3-6H2,2H3;1-2,7-8H,3-6H2;1-2,6-8H,3-5H2,(H,10,11). The molecule has 1 spiro atoms. The normalized spacial score (nSPS) is 32.4. The van der Waals surface area contributed by atoms with Gasteiger partial charge in [0.05, 0.1) is 18.6 Å². The minimum absolute atomic E-state index is 0.0101. The van der Waals surface area contributed by atoms with E-state index in [0.717, 1.165) is 31.6 Å². The Hall–Kier alpha value is -5.54. The van der Waals surface area contributed by atoms with Gasteiger partial charge in [-0.05, 0) is 151 Å². The van der Waals surface area contributed by atoms with Gasteiger partial charge in [-0.1, -0.05) is 44.0 Å². The van der Waals surface area contributed by atoms with Gasteiger partial charge in [0.15, 0.2) is 0 Å². The summed E-state index contributed by atoms with van der Waals surface area (Å²) in [6.07, 6.45) is -30.0. The predicted molar refractivity (Wildman–Crippen MR) is 276 cm³/mol. The number of halogens is 21. The van der Waals surface area contributed by atoms with Crippen LogP contribution in [0.5, 0.6) is 0 Å². The maximum Gasteiger partial charge on any atom is 0.426 e. The van der Waals surface area contributed by atoms with E-state index in [0.29, 0.717) is 81.6 Å². The lowest BCUT2D eigenvalue weighted by Crippen LogP contribution is -2.67. The van der Waals surface area contributed by atoms with Gasteiger partial charge in [-0.2, -0.15) is 92.2 Å². The SMILES string of the molecule is C=C(C(=O)OC1(C)CCCC1)C(F)(F)F.C=C(C(=O)OC12CC3CC(CC(O)(C3)C1)C2)C(F)(F)F.C=C(C(=O)OC1CC(C(O)(C(F)(F)F)C(F)(F)F)CC(C(O)(C(F)(F)F)C(F)(F)F)C1)C(F)(F)F.O=C(O)CC1CC2C=CC1C2.O=C1CC2(CO1)CC1C=CC2C1. The second-order valence-corrected chi connectivity index (χ2v) is 26.4. The van der Waals surface area contributed by atoms with Crippen LogP contribution in [0.4, 0.5) is 92.2 Å². The number of aliphatic carboxylic acids is 1. The summed E-state index contributed by atoms with van der Waals surface area (Å²) in [5.74, 6) is -9.82. The summed E-state index contributed by atoms with van der Waals surface area (Å²) in [5.41, 5.74) is -19.7. The topological polar surface area (TPSA) is 203 Å². The Kier molecular flexibility index (Phi) is 21.8. The molecule has 8 bridgehead atoms. The van der Waals surface area contributed by atoms with Crippen molar-refractivity contribution >= 4 is 29.8 Å². The largest absolute Gasteiger partial charge is 0.481 e. The summed E-state index contributed by atoms with van der Waals surface area (Å²) in [6.45, 7) is 9.98. The third-order valence-corrected chi connectivity index (χ3v) is 19.4. The Morgan fingerprint density at radius 2 is 1.02 bits per heavy atom. The molecule has 93 heavy (non-hydrogen) atoms. The number of carbonyl (C=O) groups excluding carboxylic acids is 4. The van der Waals surface area contributed by atoms with Gasteiger partial charge in [-0.15, -0.1) is 0 Å². The molecule has 1 saturated heterocycles. The number of aliphatic hydroxyl groups is 3. The number of fused-ring (bicyclic) bond motifs is 5. The molecule has 1 heterocycles. The number of hydrogen-bond donors (Lipinski definition) is 4. The number of alkyl halides is 21. The van der Waals surface area contributed by atoms with Crippen molar-refractivity contribution in [1.82, 2.24) is 0 Å². The summed E-state index contributed by atoms with van der Waals surface area (Å²) in [5, 5.41) is 37.9. The van der Waals surface area contributed by atoms with Crippen molar-refractivity contribution in [3.05, 3.63) is 60.8 Å². The molecule has 10 unspecified atom stereocenters. The van der Waals surface area contributed by atoms with Gasteiger partial charge in [0.25, 0.3) is 11.2 Å². The van der Waals surface area contributed by atoms with Gasteiger partial charge in [-0.25, -0.2) is 14.4 Å². The van der Waals surface area contributed by atoms with Crippen molar-refractivity contribution in [1.29, 1.82) is 0 Å². The number of rotatable bonds is 10. The van der Waals surface area contributed by atoms with E-state index in [2.05, 4.69) is 48.8 Å². The Balaban J connectivity index is 0.000000198. The average molecular weight is 1380 g/mol. The van der Waals surface area contributed by atoms with Crippen LogP contribution in [0.1, 0.15) is 129 Å². The van der Waals surface area contributed by atoms with Crippen LogP contribution in [0.25, 0.3) is 0 Å². The van der Waals surface area contributed by atoms with E-state index in [9.17, 15) is 131 Å². The van der Waals surface area contributed by atoms with Crippen molar-refractivity contribution in [3.8, 4) is 0 Å². The highest BCUT2D eigenvalue weighted by atomic mass is 19.4. The van der Waals surface area contributed by atoms with Crippen LogP contribution in [0.15, 0.2) is 60.8 Å². The fourth-order valence-corrected chi connectivity index (χ4v) is 15.3. The summed E-state index contributed by atoms with van der Waals surface area (Å²) < 4.78 is 289. The van der Waals surface area contributed by atoms with Crippen LogP contribution >= 0.6 is 0 Å². The van der Waals surface area contributed by atoms with Crippen LogP contribution in [0.3, 0.4) is 0 Å². The Bertz CT molecular complexity index is 2790. The number of ether oxygens (including phenoxy) is 4. The number of carboxylic acid groups (broad SMARTS) is 1. The number of cyclic esters (lactones) is 1. The maximum absolute atomic E-state index is 13.2. The molecule has 11 rings (SSSR count). The Morgan fingerprint density at radius 3 is 1.38 bits per heavy atom. The molecule has 34 heteroatoms. The number of hydrogen-bond acceptors (Lipinski definition) is 12. The molecule has 0 aromatic heterocycles. The quantitative estimate of drug-likeness (QED) is 0.0529. The number of esters is 4. The fraction of sp³-hybridized carbons (Fsp3) is 0.746. The molecular formula is C59H67F21O13. The molecule has 13 nitrogen and oxygen atoms in total. The molecule has 0 aromatic carbocycles. The third-order valence-electron chi connectivity index (χ3n) is 19.4. The van der Waals surface area contributed by atoms with Gasteiger partial charge >= 0.3 is 73.1 Å². The van der Waals surface area contributed by atoms with E-state index < -0.39 is 149 Å². The fourth-order valence-electron chi connectivity index (χ4n) is 15.3. The molecule has 0 aromatic rings. The zero-order valence-corrected chi connectivity index (χ0v) is 49.2. The van der Waals surface area contributed by atoms with E-state index in [1.54, 1.807) is 6.92 Å². The van der Waals surface area contributed by atoms with Crippen LogP contribution in [0, 0.1) is 58.7 Å². The van der Waals surface area contributed by atoms with Crippen molar-refractivity contribution in [2.24, 2.45) is 58.7 Å². The monoisotopic (exact) mass is 1380 g/mol. The first-order valence-electron chi connectivity index (χ1n) is 29.2. The van der Waals surface area contributed by atoms with Gasteiger partial charge in [0.2, 0.25) is 0 Å². The second-order valence-electron chi connectivity index (χ2n) is 26.4. The second kappa shape index (κ2) is 26.5. The lowest BCUT2D eigenvalue weighted by molar-refractivity contribution is -0.405. The molecule has 1 aliphatic heterocycles. The van der Waals surface area contributed by atoms with Crippen LogP contribution in [0.2, 0.25) is 0 Å². The highest BCUT2D eigenvalue weighted by Crippen LogP contribution is 2.61. The van der Waals surface area contributed by atoms with Crippen molar-refractivity contribution in [2.45, 2.75) is 206 Å². The first-order chi connectivity index (χ1) is 42.0. The molecule has 10 aliphatic carbocycles. The molecule has 9 fully saturated rings. The zero-order valence-electron chi connectivity index (χ0n) is 49.2. The first kappa shape index (κ1) is 76.5. The highest BCUT2D eigenvalue weighted by molar-refractivity contribution is 5.90. The summed E-state index contributed by atoms with van der Waals surface area (Å²) in [6, 6.07) is 0. The van der Waals surface area contributed by atoms with Gasteiger partial charge in [0.1, 0.15) is 34.0 Å². The minimum Gasteiger partial charge on any atom is -0.481 e. The van der Waals surface area contributed by atoms with E-state index >= 15 is 0 Å². The zero-order chi connectivity index (χ0) is 70.7. The molecule has 11 aliphatic rings. The molecular weight excluding hydrogens is 1320 g/mol. The smallest absolute Gasteiger partial charge is 0.426 e. The molecule has 0 radical (unpaired) electrons. The highest BCUT2D eigenvalue weighted by Gasteiger charge is 2.79. The van der Waals surface area contributed by atoms with E-state index in [1.807, 2.05) is 0 Å². The number of carboxylic acids is 1. The van der Waals surface area contributed by atoms with Crippen LogP contribution in [-0.4, -0.2) is 134 Å². The van der Waals surface area contributed by atoms with E-state index in [1.165, 1.54) is 19.3 Å². The Labute approximate surface area is 516 Å². The lowest BCUT2D eigenvalue weighted by atomic mass is 9.52. The van der Waals surface area contributed by atoms with Gasteiger partial charge < -0.3 is 39.4 Å². The molecule has 4 N–H and O–H groups in total. The molecule has 528 valence electrons. The van der Waals surface area contributed by atoms with Crippen LogP contribution < -0.4 is 0 Å². The lowest BCUT2D eigenvalue weighted by Gasteiger charge is -2.59. The summed E-state index contributed by atoms with van der Waals surface area (Å²) in [7, 11) is 0. The van der Waals surface area contributed by atoms with Crippen molar-refractivity contribution in [2.75, 3.05) is 6.61 Å². The van der Waals surface area contributed by atoms with E-state index in [-0.39, 0.29) is 29.6 Å². The van der Waals surface area contributed by atoms with E-state index in [4.69, 9.17) is 19.3 Å². The average Bonchev–Trinajstić information content (AvgIpc) is 1.13. The molecule has 8 saturated carbocycles.